The number of nitrogens with one attached hydrogen (secondary N) is 1. The first kappa shape index (κ1) is 16.8. The Morgan fingerprint density at radius 1 is 1.19 bits per heavy atom. The summed E-state index contributed by atoms with van der Waals surface area (Å²) in [6, 6.07) is 0. The third-order valence-corrected chi connectivity index (χ3v) is 5.22. The van der Waals surface area contributed by atoms with Crippen LogP contribution in [0, 0.1) is 11.8 Å². The molecule has 0 spiro atoms. The predicted molar refractivity (Wildman–Crippen MR) is 85.2 cm³/mol. The molecule has 1 N–H and O–H groups in total. The van der Waals surface area contributed by atoms with Gasteiger partial charge in [0.15, 0.2) is 0 Å². The second kappa shape index (κ2) is 8.74. The van der Waals surface area contributed by atoms with Gasteiger partial charge in [-0.25, -0.2) is 0 Å². The van der Waals surface area contributed by atoms with E-state index in [1.165, 1.54) is 25.7 Å². The Balaban J connectivity index is 1.65. The zero-order chi connectivity index (χ0) is 15.1. The van der Waals surface area contributed by atoms with Crippen molar-refractivity contribution in [2.24, 2.45) is 11.8 Å². The molecule has 1 aliphatic heterocycles. The number of amides is 1. The molecule has 1 saturated carbocycles. The second-order valence-electron chi connectivity index (χ2n) is 6.83. The standard InChI is InChI=1S/C17H32N2O2/c1-14-5-3-4-6-16(14)21-13-17(20)19-11-8-15(9-12-19)7-10-18-2/h14-16,18H,3-13H2,1-2H3. The summed E-state index contributed by atoms with van der Waals surface area (Å²) in [6.07, 6.45) is 8.76. The first-order chi connectivity index (χ1) is 10.2. The van der Waals surface area contributed by atoms with Crippen molar-refractivity contribution in [2.45, 2.75) is 58.0 Å². The van der Waals surface area contributed by atoms with Gasteiger partial charge in [0.1, 0.15) is 6.61 Å². The van der Waals surface area contributed by atoms with Crippen LogP contribution in [0.1, 0.15) is 51.9 Å². The van der Waals surface area contributed by atoms with Crippen LogP contribution < -0.4 is 5.32 Å². The number of piperidine rings is 1. The van der Waals surface area contributed by atoms with E-state index in [9.17, 15) is 4.79 Å². The Morgan fingerprint density at radius 2 is 1.90 bits per heavy atom. The van der Waals surface area contributed by atoms with E-state index in [0.29, 0.717) is 12.0 Å². The van der Waals surface area contributed by atoms with Gasteiger partial charge in [-0.3, -0.25) is 4.79 Å². The maximum atomic E-state index is 12.3. The third kappa shape index (κ3) is 5.26. The lowest BCUT2D eigenvalue weighted by molar-refractivity contribution is -0.141. The highest BCUT2D eigenvalue weighted by Crippen LogP contribution is 2.26. The van der Waals surface area contributed by atoms with E-state index < -0.39 is 0 Å². The summed E-state index contributed by atoms with van der Waals surface area (Å²) in [5, 5.41) is 3.21. The number of nitrogens with zero attached hydrogens (tertiary/aromatic N) is 1. The van der Waals surface area contributed by atoms with E-state index in [2.05, 4.69) is 12.2 Å². The lowest BCUT2D eigenvalue weighted by Crippen LogP contribution is -2.42. The summed E-state index contributed by atoms with van der Waals surface area (Å²) in [6.45, 7) is 5.45. The molecule has 122 valence electrons. The molecular formula is C17H32N2O2. The summed E-state index contributed by atoms with van der Waals surface area (Å²) in [5.41, 5.74) is 0. The molecule has 1 heterocycles. The molecule has 0 radical (unpaired) electrons. The Labute approximate surface area is 129 Å². The van der Waals surface area contributed by atoms with Gasteiger partial charge in [-0.2, -0.15) is 0 Å². The molecular weight excluding hydrogens is 264 g/mol. The Morgan fingerprint density at radius 3 is 2.57 bits per heavy atom. The fraction of sp³-hybridized carbons (Fsp3) is 0.941. The van der Waals surface area contributed by atoms with Crippen LogP contribution in [0.5, 0.6) is 0 Å². The average molecular weight is 296 g/mol. The molecule has 0 aromatic carbocycles. The van der Waals surface area contributed by atoms with Crippen LogP contribution in [0.15, 0.2) is 0 Å². The number of ether oxygens (including phenoxy) is 1. The third-order valence-electron chi connectivity index (χ3n) is 5.22. The maximum absolute atomic E-state index is 12.3. The number of carbonyl (C=O) groups excluding carboxylic acids is 1. The molecule has 4 heteroatoms. The van der Waals surface area contributed by atoms with E-state index in [0.717, 1.165) is 44.8 Å². The number of hydrogen-bond acceptors (Lipinski definition) is 3. The second-order valence-corrected chi connectivity index (χ2v) is 6.83. The van der Waals surface area contributed by atoms with Crippen LogP contribution in [0.3, 0.4) is 0 Å². The van der Waals surface area contributed by atoms with E-state index in [1.807, 2.05) is 11.9 Å². The Kier molecular flexibility index (Phi) is 6.97. The Bertz CT molecular complexity index is 314. The fourth-order valence-corrected chi connectivity index (χ4v) is 3.62. The van der Waals surface area contributed by atoms with Crippen LogP contribution >= 0.6 is 0 Å². The van der Waals surface area contributed by atoms with Gasteiger partial charge >= 0.3 is 0 Å². The minimum Gasteiger partial charge on any atom is -0.368 e. The van der Waals surface area contributed by atoms with E-state index in [1.54, 1.807) is 0 Å². The molecule has 2 unspecified atom stereocenters. The summed E-state index contributed by atoms with van der Waals surface area (Å²) in [5.74, 6) is 1.58. The number of rotatable bonds is 6. The largest absolute Gasteiger partial charge is 0.368 e. The number of likely N-dealkylation sites (tertiary alicyclic amines) is 1. The summed E-state index contributed by atoms with van der Waals surface area (Å²) in [4.78, 5) is 14.3. The quantitative estimate of drug-likeness (QED) is 0.818. The lowest BCUT2D eigenvalue weighted by Gasteiger charge is -2.33. The van der Waals surface area contributed by atoms with Gasteiger partial charge in [-0.15, -0.1) is 0 Å². The smallest absolute Gasteiger partial charge is 0.248 e. The van der Waals surface area contributed by atoms with Gasteiger partial charge in [-0.05, 0) is 57.5 Å². The molecule has 1 aliphatic carbocycles. The van der Waals surface area contributed by atoms with Crippen molar-refractivity contribution in [3.05, 3.63) is 0 Å². The topological polar surface area (TPSA) is 41.6 Å². The maximum Gasteiger partial charge on any atom is 0.248 e. The molecule has 1 saturated heterocycles. The van der Waals surface area contributed by atoms with Crippen LogP contribution in [0.25, 0.3) is 0 Å². The van der Waals surface area contributed by atoms with Crippen molar-refractivity contribution < 1.29 is 9.53 Å². The molecule has 1 amide bonds. The van der Waals surface area contributed by atoms with Gasteiger partial charge in [-0.1, -0.05) is 19.8 Å². The minimum atomic E-state index is 0.194. The minimum absolute atomic E-state index is 0.194. The molecule has 2 atom stereocenters. The number of carbonyl (C=O) groups is 1. The molecule has 4 nitrogen and oxygen atoms in total. The van der Waals surface area contributed by atoms with Crippen molar-refractivity contribution in [1.29, 1.82) is 0 Å². The van der Waals surface area contributed by atoms with E-state index in [-0.39, 0.29) is 12.5 Å². The molecule has 0 aromatic rings. The van der Waals surface area contributed by atoms with Crippen molar-refractivity contribution in [3.63, 3.8) is 0 Å². The summed E-state index contributed by atoms with van der Waals surface area (Å²) in [7, 11) is 2.00. The number of hydrogen-bond donors (Lipinski definition) is 1. The van der Waals surface area contributed by atoms with Gasteiger partial charge in [0.2, 0.25) is 5.91 Å². The van der Waals surface area contributed by atoms with Crippen LogP contribution in [0.2, 0.25) is 0 Å². The zero-order valence-corrected chi connectivity index (χ0v) is 13.8. The monoisotopic (exact) mass is 296 g/mol. The van der Waals surface area contributed by atoms with Crippen molar-refractivity contribution >= 4 is 5.91 Å². The van der Waals surface area contributed by atoms with E-state index >= 15 is 0 Å². The normalized spacial score (nSPS) is 27.8. The van der Waals surface area contributed by atoms with Gasteiger partial charge in [0.05, 0.1) is 6.10 Å². The zero-order valence-electron chi connectivity index (χ0n) is 13.8. The summed E-state index contributed by atoms with van der Waals surface area (Å²) < 4.78 is 5.90. The van der Waals surface area contributed by atoms with Crippen LogP contribution in [-0.2, 0) is 9.53 Å². The molecule has 2 fully saturated rings. The highest BCUT2D eigenvalue weighted by Gasteiger charge is 2.26. The van der Waals surface area contributed by atoms with Gasteiger partial charge in [0, 0.05) is 13.1 Å². The molecule has 21 heavy (non-hydrogen) atoms. The van der Waals surface area contributed by atoms with Gasteiger partial charge < -0.3 is 15.0 Å². The van der Waals surface area contributed by atoms with Crippen molar-refractivity contribution in [1.82, 2.24) is 10.2 Å². The van der Waals surface area contributed by atoms with Crippen molar-refractivity contribution in [2.75, 3.05) is 33.3 Å². The predicted octanol–water partition coefficient (Wildman–Crippen LogP) is 2.43. The van der Waals surface area contributed by atoms with Crippen molar-refractivity contribution in [3.8, 4) is 0 Å². The molecule has 2 aliphatic rings. The Hall–Kier alpha value is -0.610. The van der Waals surface area contributed by atoms with Crippen LogP contribution in [-0.4, -0.2) is 50.2 Å². The first-order valence-electron chi connectivity index (χ1n) is 8.74. The lowest BCUT2D eigenvalue weighted by atomic mass is 9.88. The molecule has 0 bridgehead atoms. The first-order valence-corrected chi connectivity index (χ1v) is 8.74. The molecule has 2 rings (SSSR count). The highest BCUT2D eigenvalue weighted by atomic mass is 16.5. The highest BCUT2D eigenvalue weighted by molar-refractivity contribution is 5.77. The van der Waals surface area contributed by atoms with Crippen LogP contribution in [0.4, 0.5) is 0 Å². The van der Waals surface area contributed by atoms with E-state index in [4.69, 9.17) is 4.74 Å². The van der Waals surface area contributed by atoms with Gasteiger partial charge in [0.25, 0.3) is 0 Å². The molecule has 0 aromatic heterocycles. The summed E-state index contributed by atoms with van der Waals surface area (Å²) >= 11 is 0. The SMILES string of the molecule is CNCCC1CCN(C(=O)COC2CCCCC2C)CC1. The fourth-order valence-electron chi connectivity index (χ4n) is 3.62. The average Bonchev–Trinajstić information content (AvgIpc) is 2.52.